The van der Waals surface area contributed by atoms with Crippen LogP contribution >= 0.6 is 0 Å². The Hall–Kier alpha value is -0.283. The lowest BCUT2D eigenvalue weighted by atomic mass is 10.2. The quantitative estimate of drug-likeness (QED) is 0.387. The molecule has 0 bridgehead atoms. The third-order valence-electron chi connectivity index (χ3n) is 2.59. The van der Waals surface area contributed by atoms with Gasteiger partial charge in [0, 0.05) is 0 Å². The molecule has 0 aromatic rings. The van der Waals surface area contributed by atoms with Crippen LogP contribution in [0.25, 0.3) is 0 Å². The monoisotopic (exact) mass is 202 g/mol. The van der Waals surface area contributed by atoms with Gasteiger partial charge in [0.1, 0.15) is 6.61 Å². The lowest BCUT2D eigenvalue weighted by Gasteiger charge is -2.36. The van der Waals surface area contributed by atoms with Gasteiger partial charge < -0.3 is 9.16 Å². The first-order chi connectivity index (χ1) is 5.81. The molecule has 0 spiro atoms. The molecule has 0 saturated carbocycles. The molecule has 2 nitrogen and oxygen atoms in total. The van der Waals surface area contributed by atoms with Crippen LogP contribution < -0.4 is 0 Å². The van der Waals surface area contributed by atoms with Crippen molar-refractivity contribution in [2.24, 2.45) is 0 Å². The number of hydrogen-bond acceptors (Lipinski definition) is 2. The molecule has 0 saturated heterocycles. The van der Waals surface area contributed by atoms with Crippen LogP contribution in [-0.2, 0) is 9.16 Å². The molecule has 78 valence electrons. The maximum absolute atomic E-state index is 5.86. The molecule has 0 aromatic carbocycles. The third kappa shape index (κ3) is 4.48. The largest absolute Gasteiger partial charge is 0.499 e. The maximum Gasteiger partial charge on any atom is 0.192 e. The van der Waals surface area contributed by atoms with Gasteiger partial charge in [-0.3, -0.25) is 0 Å². The summed E-state index contributed by atoms with van der Waals surface area (Å²) in [5.74, 6) is 0. The average molecular weight is 202 g/mol. The molecule has 0 unspecified atom stereocenters. The van der Waals surface area contributed by atoms with Crippen molar-refractivity contribution in [2.75, 3.05) is 13.2 Å². The molecule has 0 fully saturated rings. The predicted octanol–water partition coefficient (Wildman–Crippen LogP) is 3.17. The van der Waals surface area contributed by atoms with Crippen LogP contribution in [0.2, 0.25) is 18.1 Å². The molecular weight excluding hydrogens is 180 g/mol. The smallest absolute Gasteiger partial charge is 0.192 e. The van der Waals surface area contributed by atoms with Crippen LogP contribution in [-0.4, -0.2) is 21.5 Å². The highest BCUT2D eigenvalue weighted by molar-refractivity contribution is 6.74. The zero-order chi connectivity index (χ0) is 10.5. The molecule has 0 aliphatic heterocycles. The summed E-state index contributed by atoms with van der Waals surface area (Å²) in [6.07, 6.45) is 1.45. The van der Waals surface area contributed by atoms with E-state index in [1.165, 1.54) is 6.26 Å². The molecule has 0 heterocycles. The van der Waals surface area contributed by atoms with Crippen molar-refractivity contribution in [2.45, 2.75) is 38.9 Å². The molecule has 3 heteroatoms. The normalized spacial score (nSPS) is 12.7. The molecule has 0 N–H and O–H groups in total. The van der Waals surface area contributed by atoms with Crippen LogP contribution in [0.3, 0.4) is 0 Å². The maximum atomic E-state index is 5.86. The van der Waals surface area contributed by atoms with E-state index in [9.17, 15) is 0 Å². The topological polar surface area (TPSA) is 18.5 Å². The number of ether oxygens (including phenoxy) is 1. The highest BCUT2D eigenvalue weighted by Gasteiger charge is 2.36. The van der Waals surface area contributed by atoms with E-state index in [2.05, 4.69) is 40.4 Å². The summed E-state index contributed by atoms with van der Waals surface area (Å²) in [7, 11) is -1.57. The summed E-state index contributed by atoms with van der Waals surface area (Å²) in [5, 5.41) is 0.279. The second kappa shape index (κ2) is 4.82. The van der Waals surface area contributed by atoms with Gasteiger partial charge in [0.2, 0.25) is 0 Å². The van der Waals surface area contributed by atoms with Gasteiger partial charge in [0.05, 0.1) is 12.9 Å². The number of hydrogen-bond donors (Lipinski definition) is 0. The summed E-state index contributed by atoms with van der Waals surface area (Å²) < 4.78 is 10.9. The van der Waals surface area contributed by atoms with Crippen molar-refractivity contribution in [3.8, 4) is 0 Å². The second-order valence-corrected chi connectivity index (χ2v) is 9.46. The molecule has 0 rings (SSSR count). The van der Waals surface area contributed by atoms with Gasteiger partial charge in [-0.25, -0.2) is 0 Å². The van der Waals surface area contributed by atoms with E-state index in [-0.39, 0.29) is 5.04 Å². The third-order valence-corrected chi connectivity index (χ3v) is 7.13. The van der Waals surface area contributed by atoms with Crippen LogP contribution in [0.5, 0.6) is 0 Å². The van der Waals surface area contributed by atoms with Crippen LogP contribution in [0, 0.1) is 0 Å². The van der Waals surface area contributed by atoms with E-state index in [4.69, 9.17) is 9.16 Å². The zero-order valence-corrected chi connectivity index (χ0v) is 10.5. The summed E-state index contributed by atoms with van der Waals surface area (Å²) in [4.78, 5) is 0. The Kier molecular flexibility index (Phi) is 4.71. The summed E-state index contributed by atoms with van der Waals surface area (Å²) >= 11 is 0. The fourth-order valence-electron chi connectivity index (χ4n) is 0.645. The fraction of sp³-hybridized carbons (Fsp3) is 0.800. The highest BCUT2D eigenvalue weighted by Crippen LogP contribution is 2.36. The first-order valence-corrected chi connectivity index (χ1v) is 7.58. The lowest BCUT2D eigenvalue weighted by molar-refractivity contribution is 0.170. The molecule has 0 aliphatic carbocycles. The summed E-state index contributed by atoms with van der Waals surface area (Å²) in [6, 6.07) is 0. The first-order valence-electron chi connectivity index (χ1n) is 4.68. The average Bonchev–Trinajstić information content (AvgIpc) is 1.96. The Morgan fingerprint density at radius 1 is 1.23 bits per heavy atom. The Morgan fingerprint density at radius 3 is 2.15 bits per heavy atom. The Balaban J connectivity index is 3.83. The standard InChI is InChI=1S/C10H22O2Si/c1-7-11-8-9-12-13(5,6)10(2,3)4/h7H,1,8-9H2,2-6H3. The molecule has 0 radical (unpaired) electrons. The predicted molar refractivity (Wildman–Crippen MR) is 59.3 cm³/mol. The first kappa shape index (κ1) is 12.7. The van der Waals surface area contributed by atoms with Gasteiger partial charge in [-0.05, 0) is 18.1 Å². The SMILES string of the molecule is C=COCCO[Si](C)(C)C(C)(C)C. The van der Waals surface area contributed by atoms with Crippen molar-refractivity contribution in [3.05, 3.63) is 12.8 Å². The van der Waals surface area contributed by atoms with Crippen LogP contribution in [0.4, 0.5) is 0 Å². The molecule has 0 aromatic heterocycles. The van der Waals surface area contributed by atoms with E-state index in [0.717, 1.165) is 0 Å². The van der Waals surface area contributed by atoms with Gasteiger partial charge in [0.25, 0.3) is 0 Å². The van der Waals surface area contributed by atoms with Crippen LogP contribution in [0.15, 0.2) is 12.8 Å². The molecule has 13 heavy (non-hydrogen) atoms. The summed E-state index contributed by atoms with van der Waals surface area (Å²) in [6.45, 7) is 15.9. The van der Waals surface area contributed by atoms with Gasteiger partial charge in [-0.1, -0.05) is 27.4 Å². The Morgan fingerprint density at radius 2 is 1.77 bits per heavy atom. The van der Waals surface area contributed by atoms with Crippen molar-refractivity contribution in [1.29, 1.82) is 0 Å². The van der Waals surface area contributed by atoms with E-state index < -0.39 is 8.32 Å². The van der Waals surface area contributed by atoms with Gasteiger partial charge >= 0.3 is 0 Å². The molecule has 0 aliphatic rings. The second-order valence-electron chi connectivity index (χ2n) is 4.65. The highest BCUT2D eigenvalue weighted by atomic mass is 28.4. The number of rotatable bonds is 5. The van der Waals surface area contributed by atoms with Crippen molar-refractivity contribution in [3.63, 3.8) is 0 Å². The van der Waals surface area contributed by atoms with E-state index in [0.29, 0.717) is 13.2 Å². The van der Waals surface area contributed by atoms with Crippen LogP contribution in [0.1, 0.15) is 20.8 Å². The molecule has 0 atom stereocenters. The zero-order valence-electron chi connectivity index (χ0n) is 9.52. The van der Waals surface area contributed by atoms with E-state index >= 15 is 0 Å². The van der Waals surface area contributed by atoms with Gasteiger partial charge in [-0.2, -0.15) is 0 Å². The van der Waals surface area contributed by atoms with Gasteiger partial charge in [0.15, 0.2) is 8.32 Å². The van der Waals surface area contributed by atoms with Crippen molar-refractivity contribution >= 4 is 8.32 Å². The van der Waals surface area contributed by atoms with Crippen molar-refractivity contribution < 1.29 is 9.16 Å². The Labute approximate surface area is 83.1 Å². The Bertz CT molecular complexity index is 159. The van der Waals surface area contributed by atoms with Crippen molar-refractivity contribution in [1.82, 2.24) is 0 Å². The van der Waals surface area contributed by atoms with Gasteiger partial charge in [-0.15, -0.1) is 0 Å². The minimum Gasteiger partial charge on any atom is -0.499 e. The fourth-order valence-corrected chi connectivity index (χ4v) is 1.67. The molecule has 0 amide bonds. The summed E-state index contributed by atoms with van der Waals surface area (Å²) in [5.41, 5.74) is 0. The van der Waals surface area contributed by atoms with E-state index in [1.807, 2.05) is 0 Å². The molecular formula is C10H22O2Si. The minimum absolute atomic E-state index is 0.279. The lowest BCUT2D eigenvalue weighted by Crippen LogP contribution is -2.41. The minimum atomic E-state index is -1.57. The van der Waals surface area contributed by atoms with E-state index in [1.54, 1.807) is 0 Å².